The van der Waals surface area contributed by atoms with Crippen molar-refractivity contribution in [2.45, 2.75) is 25.3 Å². The Morgan fingerprint density at radius 2 is 2.24 bits per heavy atom. The lowest BCUT2D eigenvalue weighted by atomic mass is 9.87. The van der Waals surface area contributed by atoms with Crippen LogP contribution < -0.4 is 10.6 Å². The lowest BCUT2D eigenvalue weighted by Crippen LogP contribution is -2.54. The van der Waals surface area contributed by atoms with Crippen molar-refractivity contribution in [3.8, 4) is 0 Å². The van der Waals surface area contributed by atoms with Crippen molar-refractivity contribution in [3.05, 3.63) is 18.5 Å². The molecule has 6 heteroatoms. The first-order valence-corrected chi connectivity index (χ1v) is 5.79. The number of carbonyl (C=O) groups excluding carboxylic acids is 1. The van der Waals surface area contributed by atoms with Gasteiger partial charge in [0.25, 0.3) is 0 Å². The zero-order valence-corrected chi connectivity index (χ0v) is 10.8. The van der Waals surface area contributed by atoms with Gasteiger partial charge in [-0.05, 0) is 38.9 Å². The minimum absolute atomic E-state index is 0. The summed E-state index contributed by atoms with van der Waals surface area (Å²) in [6.07, 6.45) is 5.19. The summed E-state index contributed by atoms with van der Waals surface area (Å²) in [7, 11) is 0. The van der Waals surface area contributed by atoms with Gasteiger partial charge in [-0.1, -0.05) is 0 Å². The first kappa shape index (κ1) is 14.0. The van der Waals surface area contributed by atoms with Crippen LogP contribution in [0.25, 0.3) is 0 Å². The smallest absolute Gasteiger partial charge is 0.248 e. The lowest BCUT2D eigenvalue weighted by molar-refractivity contribution is -0.131. The van der Waals surface area contributed by atoms with Gasteiger partial charge in [-0.3, -0.25) is 9.48 Å². The Labute approximate surface area is 107 Å². The molecule has 0 atom stereocenters. The first-order valence-electron chi connectivity index (χ1n) is 5.79. The summed E-state index contributed by atoms with van der Waals surface area (Å²) in [5.41, 5.74) is -0.495. The third kappa shape index (κ3) is 2.61. The minimum Gasteiger partial charge on any atom is -0.354 e. The van der Waals surface area contributed by atoms with Gasteiger partial charge in [-0.15, -0.1) is 12.4 Å². The zero-order valence-electron chi connectivity index (χ0n) is 9.98. The SMILES string of the molecule is CCNC(=O)C1(n2cccn2)CCNCC1.Cl. The quantitative estimate of drug-likeness (QED) is 0.831. The molecule has 17 heavy (non-hydrogen) atoms. The number of rotatable bonds is 3. The second kappa shape index (κ2) is 6.02. The Hall–Kier alpha value is -1.07. The van der Waals surface area contributed by atoms with Crippen molar-refractivity contribution in [3.63, 3.8) is 0 Å². The highest BCUT2D eigenvalue weighted by atomic mass is 35.5. The normalized spacial score (nSPS) is 18.2. The summed E-state index contributed by atoms with van der Waals surface area (Å²) in [5.74, 6) is 0.0835. The number of hydrogen-bond donors (Lipinski definition) is 2. The van der Waals surface area contributed by atoms with Crippen LogP contribution in [-0.2, 0) is 10.3 Å². The van der Waals surface area contributed by atoms with E-state index in [4.69, 9.17) is 0 Å². The molecule has 96 valence electrons. The highest BCUT2D eigenvalue weighted by Gasteiger charge is 2.41. The molecular weight excluding hydrogens is 240 g/mol. The van der Waals surface area contributed by atoms with E-state index in [0.29, 0.717) is 6.54 Å². The van der Waals surface area contributed by atoms with Gasteiger partial charge in [0.1, 0.15) is 5.54 Å². The van der Waals surface area contributed by atoms with Gasteiger partial charge in [0.05, 0.1) is 0 Å². The molecule has 0 saturated carbocycles. The van der Waals surface area contributed by atoms with Crippen LogP contribution in [0.5, 0.6) is 0 Å². The maximum absolute atomic E-state index is 12.2. The molecule has 5 nitrogen and oxygen atoms in total. The summed E-state index contributed by atoms with van der Waals surface area (Å²) in [6.45, 7) is 4.32. The molecule has 0 aliphatic carbocycles. The second-order valence-corrected chi connectivity index (χ2v) is 4.09. The van der Waals surface area contributed by atoms with Gasteiger partial charge in [0.15, 0.2) is 0 Å². The standard InChI is InChI=1S/C11H18N4O.ClH/c1-2-13-10(16)11(4-7-12-8-5-11)15-9-3-6-14-15;/h3,6,9,12H,2,4-5,7-8H2,1H3,(H,13,16);1H. The molecule has 1 aliphatic rings. The fraction of sp³-hybridized carbons (Fsp3) is 0.636. The van der Waals surface area contributed by atoms with E-state index in [2.05, 4.69) is 15.7 Å². The first-order chi connectivity index (χ1) is 7.79. The van der Waals surface area contributed by atoms with Crippen LogP contribution in [0.2, 0.25) is 0 Å². The van der Waals surface area contributed by atoms with Crippen LogP contribution >= 0.6 is 12.4 Å². The largest absolute Gasteiger partial charge is 0.354 e. The highest BCUT2D eigenvalue weighted by molar-refractivity contribution is 5.85. The maximum Gasteiger partial charge on any atom is 0.248 e. The van der Waals surface area contributed by atoms with Crippen LogP contribution in [-0.4, -0.2) is 35.3 Å². The molecule has 2 rings (SSSR count). The molecule has 1 aromatic heterocycles. The minimum atomic E-state index is -0.495. The van der Waals surface area contributed by atoms with Gasteiger partial charge in [-0.25, -0.2) is 0 Å². The molecule has 2 N–H and O–H groups in total. The Morgan fingerprint density at radius 1 is 1.53 bits per heavy atom. The van der Waals surface area contributed by atoms with Crippen molar-refractivity contribution < 1.29 is 4.79 Å². The van der Waals surface area contributed by atoms with Gasteiger partial charge < -0.3 is 10.6 Å². The number of halogens is 1. The summed E-state index contributed by atoms with van der Waals surface area (Å²) >= 11 is 0. The molecule has 2 heterocycles. The van der Waals surface area contributed by atoms with Gasteiger partial charge in [-0.2, -0.15) is 5.10 Å². The fourth-order valence-corrected chi connectivity index (χ4v) is 2.25. The summed E-state index contributed by atoms with van der Waals surface area (Å²) in [4.78, 5) is 12.2. The molecule has 0 aromatic carbocycles. The van der Waals surface area contributed by atoms with Crippen LogP contribution in [0.4, 0.5) is 0 Å². The molecule has 1 aromatic rings. The monoisotopic (exact) mass is 258 g/mol. The molecule has 0 spiro atoms. The molecule has 1 saturated heterocycles. The number of nitrogens with zero attached hydrogens (tertiary/aromatic N) is 2. The van der Waals surface area contributed by atoms with Crippen molar-refractivity contribution >= 4 is 18.3 Å². The van der Waals surface area contributed by atoms with E-state index in [1.54, 1.807) is 10.9 Å². The number of aromatic nitrogens is 2. The Kier molecular flexibility index (Phi) is 4.96. The molecule has 0 radical (unpaired) electrons. The third-order valence-corrected chi connectivity index (χ3v) is 3.13. The number of likely N-dealkylation sites (N-methyl/N-ethyl adjacent to an activating group) is 1. The van der Waals surface area contributed by atoms with E-state index in [9.17, 15) is 4.79 Å². The Balaban J connectivity index is 0.00000144. The van der Waals surface area contributed by atoms with Crippen LogP contribution in [0, 0.1) is 0 Å². The van der Waals surface area contributed by atoms with Gasteiger partial charge in [0.2, 0.25) is 5.91 Å². The second-order valence-electron chi connectivity index (χ2n) is 4.09. The number of carbonyl (C=O) groups is 1. The number of amides is 1. The van der Waals surface area contributed by atoms with E-state index in [0.717, 1.165) is 25.9 Å². The van der Waals surface area contributed by atoms with Crippen molar-refractivity contribution in [2.75, 3.05) is 19.6 Å². The van der Waals surface area contributed by atoms with E-state index in [1.807, 2.05) is 19.2 Å². The fourth-order valence-electron chi connectivity index (χ4n) is 2.25. The van der Waals surface area contributed by atoms with Crippen molar-refractivity contribution in [2.24, 2.45) is 0 Å². The predicted octanol–water partition coefficient (Wildman–Crippen LogP) is 0.520. The molecule has 0 bridgehead atoms. The van der Waals surface area contributed by atoms with Crippen LogP contribution in [0.1, 0.15) is 19.8 Å². The van der Waals surface area contributed by atoms with E-state index < -0.39 is 5.54 Å². The van der Waals surface area contributed by atoms with Crippen LogP contribution in [0.3, 0.4) is 0 Å². The third-order valence-electron chi connectivity index (χ3n) is 3.13. The number of piperidine rings is 1. The summed E-state index contributed by atoms with van der Waals surface area (Å²) in [5, 5.41) is 10.4. The molecule has 1 aliphatic heterocycles. The van der Waals surface area contributed by atoms with Crippen molar-refractivity contribution in [1.82, 2.24) is 20.4 Å². The zero-order chi connectivity index (χ0) is 11.4. The average molecular weight is 259 g/mol. The highest BCUT2D eigenvalue weighted by Crippen LogP contribution is 2.26. The maximum atomic E-state index is 12.2. The van der Waals surface area contributed by atoms with E-state index in [1.165, 1.54) is 0 Å². The lowest BCUT2D eigenvalue weighted by Gasteiger charge is -2.36. The summed E-state index contributed by atoms with van der Waals surface area (Å²) in [6, 6.07) is 1.86. The van der Waals surface area contributed by atoms with Gasteiger partial charge in [0, 0.05) is 18.9 Å². The summed E-state index contributed by atoms with van der Waals surface area (Å²) < 4.78 is 1.80. The van der Waals surface area contributed by atoms with E-state index >= 15 is 0 Å². The topological polar surface area (TPSA) is 59.0 Å². The Bertz CT molecular complexity index is 346. The molecular formula is C11H19ClN4O. The Morgan fingerprint density at radius 3 is 2.76 bits per heavy atom. The molecule has 1 fully saturated rings. The van der Waals surface area contributed by atoms with Crippen LogP contribution in [0.15, 0.2) is 18.5 Å². The predicted molar refractivity (Wildman–Crippen MR) is 68.2 cm³/mol. The number of nitrogens with one attached hydrogen (secondary N) is 2. The van der Waals surface area contributed by atoms with Crippen molar-refractivity contribution in [1.29, 1.82) is 0 Å². The van der Waals surface area contributed by atoms with E-state index in [-0.39, 0.29) is 18.3 Å². The molecule has 1 amide bonds. The average Bonchev–Trinajstić information content (AvgIpc) is 2.84. The molecule has 0 unspecified atom stereocenters. The van der Waals surface area contributed by atoms with Gasteiger partial charge >= 0.3 is 0 Å². The number of hydrogen-bond acceptors (Lipinski definition) is 3.